The molecule has 0 bridgehead atoms. The molecule has 2 aliphatic rings. The van der Waals surface area contributed by atoms with E-state index >= 15 is 0 Å². The van der Waals surface area contributed by atoms with Crippen molar-refractivity contribution in [3.63, 3.8) is 0 Å². The van der Waals surface area contributed by atoms with Crippen molar-refractivity contribution in [1.29, 1.82) is 0 Å². The fourth-order valence-electron chi connectivity index (χ4n) is 3.28. The Morgan fingerprint density at radius 3 is 2.83 bits per heavy atom. The molecule has 1 fully saturated rings. The molecule has 2 unspecified atom stereocenters. The maximum absolute atomic E-state index is 14.0. The fourth-order valence-corrected chi connectivity index (χ4v) is 4.52. The number of benzene rings is 1. The van der Waals surface area contributed by atoms with Crippen LogP contribution in [0.5, 0.6) is 0 Å². The molecule has 0 N–H and O–H groups in total. The second kappa shape index (κ2) is 7.47. The van der Waals surface area contributed by atoms with E-state index in [0.29, 0.717) is 25.1 Å². The highest BCUT2D eigenvalue weighted by atomic mass is 32.2. The van der Waals surface area contributed by atoms with Crippen molar-refractivity contribution in [2.24, 2.45) is 5.92 Å². The van der Waals surface area contributed by atoms with Gasteiger partial charge in [0, 0.05) is 35.6 Å². The number of rotatable bonds is 2. The number of hydrogen-bond acceptors (Lipinski definition) is 2. The van der Waals surface area contributed by atoms with E-state index in [0.717, 1.165) is 31.1 Å². The molecule has 1 aliphatic carbocycles. The number of carbonyl (C=O) groups excluding carboxylic acids is 1. The van der Waals surface area contributed by atoms with Crippen LogP contribution in [-0.2, 0) is 4.79 Å². The molecule has 1 amide bonds. The Morgan fingerprint density at radius 1 is 1.17 bits per heavy atom. The molecular formula is C18H21F2NOS. The Kier molecular flexibility index (Phi) is 5.36. The average Bonchev–Trinajstić information content (AvgIpc) is 2.83. The van der Waals surface area contributed by atoms with Gasteiger partial charge in [0.15, 0.2) is 0 Å². The SMILES string of the molecule is O=C(C1CC=CCC1)N1CCSC(c2cc(F)ccc2F)CC1. The molecule has 0 saturated carbocycles. The Balaban J connectivity index is 1.66. The van der Waals surface area contributed by atoms with E-state index < -0.39 is 5.82 Å². The van der Waals surface area contributed by atoms with Crippen molar-refractivity contribution in [3.8, 4) is 0 Å². The number of nitrogens with zero attached hydrogens (tertiary/aromatic N) is 1. The topological polar surface area (TPSA) is 20.3 Å². The molecule has 3 rings (SSSR count). The predicted molar refractivity (Wildman–Crippen MR) is 89.2 cm³/mol. The normalized spacial score (nSPS) is 25.2. The van der Waals surface area contributed by atoms with E-state index in [4.69, 9.17) is 0 Å². The Hall–Kier alpha value is -1.36. The molecule has 0 aromatic heterocycles. The van der Waals surface area contributed by atoms with Crippen molar-refractivity contribution in [2.45, 2.75) is 30.9 Å². The van der Waals surface area contributed by atoms with Crippen molar-refractivity contribution in [3.05, 3.63) is 47.5 Å². The minimum atomic E-state index is -0.409. The third-order valence-electron chi connectivity index (χ3n) is 4.58. The zero-order valence-corrected chi connectivity index (χ0v) is 13.8. The van der Waals surface area contributed by atoms with Crippen LogP contribution in [0.25, 0.3) is 0 Å². The lowest BCUT2D eigenvalue weighted by atomic mass is 9.93. The first-order valence-electron chi connectivity index (χ1n) is 8.15. The molecule has 124 valence electrons. The molecule has 0 radical (unpaired) electrons. The lowest BCUT2D eigenvalue weighted by molar-refractivity contribution is -0.135. The molecule has 23 heavy (non-hydrogen) atoms. The molecule has 1 aromatic rings. The maximum Gasteiger partial charge on any atom is 0.226 e. The van der Waals surface area contributed by atoms with Gasteiger partial charge in [0.1, 0.15) is 11.6 Å². The summed E-state index contributed by atoms with van der Waals surface area (Å²) in [6, 6.07) is 3.62. The lowest BCUT2D eigenvalue weighted by Crippen LogP contribution is -2.38. The quantitative estimate of drug-likeness (QED) is 0.749. The summed E-state index contributed by atoms with van der Waals surface area (Å²) >= 11 is 1.61. The zero-order valence-electron chi connectivity index (χ0n) is 13.0. The third-order valence-corrected chi connectivity index (χ3v) is 5.89. The van der Waals surface area contributed by atoms with Crippen LogP contribution in [-0.4, -0.2) is 29.6 Å². The second-order valence-corrected chi connectivity index (χ2v) is 7.43. The number of thioether (sulfide) groups is 1. The summed E-state index contributed by atoms with van der Waals surface area (Å²) in [6.45, 7) is 1.31. The first-order valence-corrected chi connectivity index (χ1v) is 9.20. The molecule has 5 heteroatoms. The summed E-state index contributed by atoms with van der Waals surface area (Å²) in [5.41, 5.74) is 0.421. The van der Waals surface area contributed by atoms with Crippen LogP contribution in [0.3, 0.4) is 0 Å². The van der Waals surface area contributed by atoms with Crippen LogP contribution in [0.1, 0.15) is 36.5 Å². The zero-order chi connectivity index (χ0) is 16.2. The first-order chi connectivity index (χ1) is 11.1. The van der Waals surface area contributed by atoms with Gasteiger partial charge in [-0.3, -0.25) is 4.79 Å². The second-order valence-electron chi connectivity index (χ2n) is 6.12. The molecule has 1 heterocycles. The summed E-state index contributed by atoms with van der Waals surface area (Å²) in [5, 5.41) is -0.0882. The number of hydrogen-bond donors (Lipinski definition) is 0. The van der Waals surface area contributed by atoms with Gasteiger partial charge in [0.25, 0.3) is 0 Å². The summed E-state index contributed by atoms with van der Waals surface area (Å²) in [7, 11) is 0. The Labute approximate surface area is 139 Å². The van der Waals surface area contributed by atoms with Gasteiger partial charge in [-0.05, 0) is 43.9 Å². The maximum atomic E-state index is 14.0. The molecular weight excluding hydrogens is 316 g/mol. The monoisotopic (exact) mass is 337 g/mol. The van der Waals surface area contributed by atoms with Gasteiger partial charge in [0.2, 0.25) is 5.91 Å². The van der Waals surface area contributed by atoms with Crippen molar-refractivity contribution in [2.75, 3.05) is 18.8 Å². The van der Waals surface area contributed by atoms with Crippen molar-refractivity contribution in [1.82, 2.24) is 4.90 Å². The minimum Gasteiger partial charge on any atom is -0.342 e. The van der Waals surface area contributed by atoms with Gasteiger partial charge in [-0.1, -0.05) is 12.2 Å². The molecule has 0 spiro atoms. The third kappa shape index (κ3) is 3.94. The molecule has 2 nitrogen and oxygen atoms in total. The van der Waals surface area contributed by atoms with E-state index in [1.807, 2.05) is 4.90 Å². The predicted octanol–water partition coefficient (Wildman–Crippen LogP) is 4.33. The van der Waals surface area contributed by atoms with Crippen molar-refractivity contribution >= 4 is 17.7 Å². The number of carbonyl (C=O) groups is 1. The molecule has 2 atom stereocenters. The molecule has 1 aliphatic heterocycles. The first kappa shape index (κ1) is 16.5. The van der Waals surface area contributed by atoms with Gasteiger partial charge >= 0.3 is 0 Å². The summed E-state index contributed by atoms with van der Waals surface area (Å²) < 4.78 is 27.4. The van der Waals surface area contributed by atoms with Crippen LogP contribution in [0.4, 0.5) is 8.78 Å². The Bertz CT molecular complexity index is 605. The van der Waals surface area contributed by atoms with E-state index in [2.05, 4.69) is 12.2 Å². The fraction of sp³-hybridized carbons (Fsp3) is 0.500. The van der Waals surface area contributed by atoms with E-state index in [1.165, 1.54) is 12.1 Å². The highest BCUT2D eigenvalue weighted by molar-refractivity contribution is 7.99. The van der Waals surface area contributed by atoms with Gasteiger partial charge in [0.05, 0.1) is 0 Å². The molecule has 1 aromatic carbocycles. The van der Waals surface area contributed by atoms with Crippen LogP contribution in [0, 0.1) is 17.6 Å². The summed E-state index contributed by atoms with van der Waals surface area (Å²) in [5.74, 6) is 0.298. The van der Waals surface area contributed by atoms with Crippen molar-refractivity contribution < 1.29 is 13.6 Å². The lowest BCUT2D eigenvalue weighted by Gasteiger charge is -2.26. The van der Waals surface area contributed by atoms with Gasteiger partial charge < -0.3 is 4.90 Å². The van der Waals surface area contributed by atoms with Crippen LogP contribution in [0.2, 0.25) is 0 Å². The van der Waals surface area contributed by atoms with Gasteiger partial charge in [-0.2, -0.15) is 11.8 Å². The van der Waals surface area contributed by atoms with E-state index in [-0.39, 0.29) is 22.9 Å². The van der Waals surface area contributed by atoms with E-state index in [1.54, 1.807) is 11.8 Å². The van der Waals surface area contributed by atoms with Gasteiger partial charge in [-0.15, -0.1) is 0 Å². The number of amides is 1. The van der Waals surface area contributed by atoms with Crippen LogP contribution >= 0.6 is 11.8 Å². The highest BCUT2D eigenvalue weighted by Gasteiger charge is 2.28. The van der Waals surface area contributed by atoms with Gasteiger partial charge in [-0.25, -0.2) is 8.78 Å². The smallest absolute Gasteiger partial charge is 0.226 e. The van der Waals surface area contributed by atoms with Crippen LogP contribution < -0.4 is 0 Å². The minimum absolute atomic E-state index is 0.0882. The molecule has 1 saturated heterocycles. The number of halogens is 2. The van der Waals surface area contributed by atoms with E-state index in [9.17, 15) is 13.6 Å². The van der Waals surface area contributed by atoms with Crippen LogP contribution in [0.15, 0.2) is 30.4 Å². The average molecular weight is 337 g/mol. The number of allylic oxidation sites excluding steroid dienone is 2. The summed E-state index contributed by atoms with van der Waals surface area (Å²) in [4.78, 5) is 14.5. The standard InChI is InChI=1S/C18H21F2NOS/c19-14-6-7-16(20)15(12-14)17-8-9-21(10-11-23-17)18(22)13-4-2-1-3-5-13/h1-2,6-7,12-13,17H,3-5,8-11H2. The summed E-state index contributed by atoms with van der Waals surface area (Å²) in [6.07, 6.45) is 7.59. The largest absolute Gasteiger partial charge is 0.342 e. The highest BCUT2D eigenvalue weighted by Crippen LogP contribution is 2.36. The Morgan fingerprint density at radius 2 is 2.04 bits per heavy atom.